The topological polar surface area (TPSA) is 52.6 Å². The quantitative estimate of drug-likeness (QED) is 0.457. The highest BCUT2D eigenvalue weighted by molar-refractivity contribution is 6.43. The average Bonchev–Trinajstić information content (AvgIpc) is 2.49. The van der Waals surface area contributed by atoms with Crippen LogP contribution < -0.4 is 4.74 Å². The maximum absolute atomic E-state index is 11.9. The van der Waals surface area contributed by atoms with Gasteiger partial charge in [0.25, 0.3) is 0 Å². The zero-order valence-electron chi connectivity index (χ0n) is 14.5. The van der Waals surface area contributed by atoms with E-state index in [1.165, 1.54) is 0 Å². The lowest BCUT2D eigenvalue weighted by molar-refractivity contribution is -0.154. The normalized spacial score (nSPS) is 11.2. The number of carbonyl (C=O) groups excluding carboxylic acids is 2. The van der Waals surface area contributed by atoms with Crippen molar-refractivity contribution in [3.63, 3.8) is 0 Å². The number of esters is 2. The van der Waals surface area contributed by atoms with Crippen LogP contribution in [0, 0.1) is 11.8 Å². The molecule has 0 saturated heterocycles. The van der Waals surface area contributed by atoms with Crippen LogP contribution in [0.2, 0.25) is 10.0 Å². The minimum absolute atomic E-state index is 0.103. The van der Waals surface area contributed by atoms with Gasteiger partial charge in [0.1, 0.15) is 11.1 Å². The van der Waals surface area contributed by atoms with Crippen molar-refractivity contribution in [1.82, 2.24) is 0 Å². The van der Waals surface area contributed by atoms with Gasteiger partial charge in [-0.15, -0.1) is 0 Å². The van der Waals surface area contributed by atoms with Gasteiger partial charge in [0, 0.05) is 12.8 Å². The Morgan fingerprint density at radius 3 is 2.17 bits per heavy atom. The summed E-state index contributed by atoms with van der Waals surface area (Å²) in [6, 6.07) is 4.82. The number of halogens is 2. The van der Waals surface area contributed by atoms with Crippen LogP contribution in [0.4, 0.5) is 0 Å². The summed E-state index contributed by atoms with van der Waals surface area (Å²) in [5, 5.41) is 0.516. The summed E-state index contributed by atoms with van der Waals surface area (Å²) in [5.41, 5.74) is 0. The zero-order chi connectivity index (χ0) is 18.3. The van der Waals surface area contributed by atoms with Gasteiger partial charge in [0.05, 0.1) is 5.02 Å². The lowest BCUT2D eigenvalue weighted by Gasteiger charge is -2.24. The highest BCUT2D eigenvalue weighted by Gasteiger charge is 2.22. The van der Waals surface area contributed by atoms with Gasteiger partial charge < -0.3 is 9.47 Å². The largest absolute Gasteiger partial charge is 0.462 e. The molecule has 0 heterocycles. The first-order chi connectivity index (χ1) is 11.2. The van der Waals surface area contributed by atoms with Crippen molar-refractivity contribution in [2.45, 2.75) is 53.1 Å². The van der Waals surface area contributed by atoms with Crippen LogP contribution in [0.5, 0.6) is 5.75 Å². The molecule has 0 spiro atoms. The lowest BCUT2D eigenvalue weighted by atomic mass is 9.96. The minimum Gasteiger partial charge on any atom is -0.462 e. The van der Waals surface area contributed by atoms with Crippen LogP contribution in [-0.2, 0) is 14.3 Å². The molecule has 1 aromatic carbocycles. The molecule has 0 aromatic heterocycles. The second kappa shape index (κ2) is 9.90. The SMILES string of the molecule is CC(C)C(OC(=O)CCCC(=O)Oc1cccc(Cl)c1Cl)C(C)C. The smallest absolute Gasteiger partial charge is 0.311 e. The molecule has 0 N–H and O–H groups in total. The standard InChI is InChI=1S/C18H24Cl2O4/c1-11(2)18(12(3)4)24-16(22)10-6-9-15(21)23-14-8-5-7-13(19)17(14)20/h5,7-8,11-12,18H,6,9-10H2,1-4H3. The Balaban J connectivity index is 2.40. The molecule has 24 heavy (non-hydrogen) atoms. The third kappa shape index (κ3) is 6.70. The maximum atomic E-state index is 11.9. The molecule has 134 valence electrons. The molecule has 0 atom stereocenters. The molecule has 0 aliphatic carbocycles. The fourth-order valence-corrected chi connectivity index (χ4v) is 2.70. The summed E-state index contributed by atoms with van der Waals surface area (Å²) < 4.78 is 10.6. The van der Waals surface area contributed by atoms with E-state index in [0.29, 0.717) is 11.4 Å². The first kappa shape index (κ1) is 20.8. The molecule has 1 aromatic rings. The molecule has 1 rings (SSSR count). The molecular weight excluding hydrogens is 351 g/mol. The molecule has 0 unspecified atom stereocenters. The number of hydrogen-bond acceptors (Lipinski definition) is 4. The Labute approximate surface area is 153 Å². The van der Waals surface area contributed by atoms with Crippen molar-refractivity contribution in [3.05, 3.63) is 28.2 Å². The van der Waals surface area contributed by atoms with Gasteiger partial charge in [-0.3, -0.25) is 9.59 Å². The summed E-state index contributed by atoms with van der Waals surface area (Å²) in [5.74, 6) is -0.0311. The van der Waals surface area contributed by atoms with Gasteiger partial charge >= 0.3 is 11.9 Å². The van der Waals surface area contributed by atoms with Gasteiger partial charge in [-0.2, -0.15) is 0 Å². The van der Waals surface area contributed by atoms with E-state index in [0.717, 1.165) is 0 Å². The first-order valence-electron chi connectivity index (χ1n) is 8.06. The lowest BCUT2D eigenvalue weighted by Crippen LogP contribution is -2.28. The number of hydrogen-bond donors (Lipinski definition) is 0. The summed E-state index contributed by atoms with van der Waals surface area (Å²) in [7, 11) is 0. The zero-order valence-corrected chi connectivity index (χ0v) is 16.0. The van der Waals surface area contributed by atoms with Crippen LogP contribution in [0.15, 0.2) is 18.2 Å². The molecule has 0 bridgehead atoms. The molecule has 0 aliphatic rings. The van der Waals surface area contributed by atoms with Crippen molar-refractivity contribution in [3.8, 4) is 5.75 Å². The minimum atomic E-state index is -0.462. The average molecular weight is 375 g/mol. The van der Waals surface area contributed by atoms with Gasteiger partial charge in [-0.1, -0.05) is 57.0 Å². The monoisotopic (exact) mass is 374 g/mol. The van der Waals surface area contributed by atoms with Crippen molar-refractivity contribution < 1.29 is 19.1 Å². The summed E-state index contributed by atoms with van der Waals surface area (Å²) in [6.07, 6.45) is 0.522. The first-order valence-corrected chi connectivity index (χ1v) is 8.82. The van der Waals surface area contributed by atoms with Gasteiger partial charge in [0.15, 0.2) is 5.75 Å². The molecule has 4 nitrogen and oxygen atoms in total. The maximum Gasteiger partial charge on any atom is 0.311 e. The van der Waals surface area contributed by atoms with Crippen molar-refractivity contribution in [2.75, 3.05) is 0 Å². The third-order valence-corrected chi connectivity index (χ3v) is 4.28. The van der Waals surface area contributed by atoms with Gasteiger partial charge in [0.2, 0.25) is 0 Å². The highest BCUT2D eigenvalue weighted by Crippen LogP contribution is 2.31. The molecule has 0 amide bonds. The number of carbonyl (C=O) groups is 2. The second-order valence-electron chi connectivity index (χ2n) is 6.32. The Morgan fingerprint density at radius 1 is 1.00 bits per heavy atom. The fourth-order valence-electron chi connectivity index (χ4n) is 2.37. The Kier molecular flexibility index (Phi) is 8.57. The number of ether oxygens (including phenoxy) is 2. The van der Waals surface area contributed by atoms with E-state index in [1.54, 1.807) is 18.2 Å². The summed E-state index contributed by atoms with van der Waals surface area (Å²) >= 11 is 11.8. The van der Waals surface area contributed by atoms with E-state index in [1.807, 2.05) is 27.7 Å². The van der Waals surface area contributed by atoms with E-state index in [2.05, 4.69) is 0 Å². The van der Waals surface area contributed by atoms with E-state index in [-0.39, 0.29) is 47.5 Å². The Hall–Kier alpha value is -1.26. The van der Waals surface area contributed by atoms with Gasteiger partial charge in [-0.05, 0) is 30.4 Å². The summed E-state index contributed by atoms with van der Waals surface area (Å²) in [6.45, 7) is 8.07. The van der Waals surface area contributed by atoms with Gasteiger partial charge in [-0.25, -0.2) is 0 Å². The Bertz CT molecular complexity index is 562. The second-order valence-corrected chi connectivity index (χ2v) is 7.11. The molecule has 0 fully saturated rings. The van der Waals surface area contributed by atoms with E-state index in [4.69, 9.17) is 32.7 Å². The van der Waals surface area contributed by atoms with Crippen LogP contribution in [0.1, 0.15) is 47.0 Å². The van der Waals surface area contributed by atoms with E-state index < -0.39 is 5.97 Å². The predicted molar refractivity (Wildman–Crippen MR) is 95.5 cm³/mol. The van der Waals surface area contributed by atoms with Crippen LogP contribution in [-0.4, -0.2) is 18.0 Å². The molecule has 0 saturated carbocycles. The van der Waals surface area contributed by atoms with Crippen molar-refractivity contribution >= 4 is 35.1 Å². The molecular formula is C18H24Cl2O4. The van der Waals surface area contributed by atoms with E-state index >= 15 is 0 Å². The summed E-state index contributed by atoms with van der Waals surface area (Å²) in [4.78, 5) is 23.7. The molecule has 0 radical (unpaired) electrons. The number of rotatable bonds is 8. The molecule has 6 heteroatoms. The van der Waals surface area contributed by atoms with Crippen LogP contribution in [0.25, 0.3) is 0 Å². The van der Waals surface area contributed by atoms with Crippen molar-refractivity contribution in [1.29, 1.82) is 0 Å². The highest BCUT2D eigenvalue weighted by atomic mass is 35.5. The van der Waals surface area contributed by atoms with Crippen LogP contribution in [0.3, 0.4) is 0 Å². The van der Waals surface area contributed by atoms with Crippen LogP contribution >= 0.6 is 23.2 Å². The van der Waals surface area contributed by atoms with Crippen molar-refractivity contribution in [2.24, 2.45) is 11.8 Å². The third-order valence-electron chi connectivity index (χ3n) is 3.48. The number of benzene rings is 1. The fraction of sp³-hybridized carbons (Fsp3) is 0.556. The molecule has 0 aliphatic heterocycles. The predicted octanol–water partition coefficient (Wildman–Crippen LogP) is 5.29. The van der Waals surface area contributed by atoms with E-state index in [9.17, 15) is 9.59 Å². The Morgan fingerprint density at radius 2 is 1.58 bits per heavy atom.